The van der Waals surface area contributed by atoms with Gasteiger partial charge in [-0.25, -0.2) is 22.8 Å². The number of halogens is 3. The number of nitrogens with two attached hydrogens (primary N) is 1. The minimum Gasteiger partial charge on any atom is -0.472 e. The minimum atomic E-state index is -2.72. The van der Waals surface area contributed by atoms with Crippen LogP contribution < -0.4 is 15.8 Å². The Labute approximate surface area is 274 Å². The maximum Gasteiger partial charge on any atom is 0.251 e. The van der Waals surface area contributed by atoms with Crippen molar-refractivity contribution in [3.63, 3.8) is 0 Å². The van der Waals surface area contributed by atoms with E-state index in [-0.39, 0.29) is 36.6 Å². The number of aryl methyl sites for hydroxylation is 1. The summed E-state index contributed by atoms with van der Waals surface area (Å²) in [5.74, 6) is -1.45. The van der Waals surface area contributed by atoms with Gasteiger partial charge in [-0.15, -0.1) is 0 Å². The van der Waals surface area contributed by atoms with Crippen LogP contribution in [0.25, 0.3) is 22.6 Å². The van der Waals surface area contributed by atoms with Gasteiger partial charge in [0.2, 0.25) is 5.88 Å². The Kier molecular flexibility index (Phi) is 6.32. The van der Waals surface area contributed by atoms with E-state index in [1.165, 1.54) is 0 Å². The zero-order valence-corrected chi connectivity index (χ0v) is 26.8. The number of alkyl halides is 3. The molecule has 1 saturated carbocycles. The Morgan fingerprint density at radius 2 is 2.04 bits per heavy atom. The third-order valence-corrected chi connectivity index (χ3v) is 11.7. The number of fused-ring (bicyclic) bond motifs is 5. The molecule has 0 radical (unpaired) electrons. The maximum atomic E-state index is 14.3. The number of rotatable bonds is 5. The molecule has 5 aliphatic rings. The SMILES string of the molecule is C[C@H](Oc1nc(-c2noc3c2CCC[C@@]32CCc3ccc(N)c(C#N)c32)nc2c1cnn2[C@@H]1CNC12CC(F)(F)C2)[C@@H]1C[C@@H](F)CN1C. The molecule has 2 aliphatic heterocycles. The van der Waals surface area contributed by atoms with Crippen molar-refractivity contribution in [2.75, 3.05) is 25.9 Å². The molecule has 3 aliphatic carbocycles. The molecule has 3 aromatic heterocycles. The summed E-state index contributed by atoms with van der Waals surface area (Å²) in [5.41, 5.74) is 9.76. The molecule has 2 spiro atoms. The van der Waals surface area contributed by atoms with Crippen molar-refractivity contribution in [2.45, 2.75) is 99.5 Å². The molecule has 9 rings (SSSR count). The fourth-order valence-corrected chi connectivity index (χ4v) is 9.39. The molecule has 2 saturated heterocycles. The number of nitrogens with one attached hydrogen (secondary N) is 1. The van der Waals surface area contributed by atoms with Gasteiger partial charge in [0.1, 0.15) is 23.7 Å². The fourth-order valence-electron chi connectivity index (χ4n) is 9.39. The van der Waals surface area contributed by atoms with Crippen molar-refractivity contribution in [2.24, 2.45) is 0 Å². The van der Waals surface area contributed by atoms with E-state index < -0.39 is 29.2 Å². The van der Waals surface area contributed by atoms with Crippen LogP contribution in [0, 0.1) is 11.3 Å². The predicted molar refractivity (Wildman–Crippen MR) is 168 cm³/mol. The number of nitrogens with zero attached hydrogens (tertiary/aromatic N) is 7. The summed E-state index contributed by atoms with van der Waals surface area (Å²) in [6, 6.07) is 5.65. The van der Waals surface area contributed by atoms with Crippen LogP contribution in [-0.2, 0) is 18.3 Å². The van der Waals surface area contributed by atoms with Gasteiger partial charge in [0.25, 0.3) is 5.92 Å². The van der Waals surface area contributed by atoms with Crippen molar-refractivity contribution in [1.82, 2.24) is 35.1 Å². The van der Waals surface area contributed by atoms with Crippen molar-refractivity contribution in [3.05, 3.63) is 46.3 Å². The van der Waals surface area contributed by atoms with Gasteiger partial charge in [-0.3, -0.25) is 4.90 Å². The van der Waals surface area contributed by atoms with Gasteiger partial charge < -0.3 is 20.3 Å². The van der Waals surface area contributed by atoms with Crippen LogP contribution in [0.2, 0.25) is 0 Å². The number of nitriles is 1. The van der Waals surface area contributed by atoms with Crippen molar-refractivity contribution in [3.8, 4) is 23.5 Å². The topological polar surface area (TPSA) is 144 Å². The average molecular weight is 660 g/mol. The predicted octanol–water partition coefficient (Wildman–Crippen LogP) is 4.63. The Hall–Kier alpha value is -4.22. The van der Waals surface area contributed by atoms with Gasteiger partial charge in [-0.2, -0.15) is 15.3 Å². The van der Waals surface area contributed by atoms with Gasteiger partial charge in [0.05, 0.1) is 28.8 Å². The standard InChI is InChI=1S/C34H36F3N9O2/c1-17(24-10-19(35)14-45(24)2)47-31-22-12-41-46(25-13-40-33(25)15-34(36,37)16-33)30(22)42-29(43-31)27-20-4-3-8-32(28(20)48-44-27)9-7-18-5-6-23(39)21(11-38)26(18)32/h5-6,12,17,19,24-25,40H,3-4,7-10,13-16,39H2,1-2H3/t17-,19+,24-,25+,32-/m0/s1. The molecule has 3 fully saturated rings. The summed E-state index contributed by atoms with van der Waals surface area (Å²) >= 11 is 0. The molecule has 0 amide bonds. The second-order valence-electron chi connectivity index (χ2n) is 14.6. The molecule has 0 bridgehead atoms. The maximum absolute atomic E-state index is 14.3. The van der Waals surface area contributed by atoms with Gasteiger partial charge in [-0.1, -0.05) is 11.2 Å². The lowest BCUT2D eigenvalue weighted by molar-refractivity contribution is -0.175. The van der Waals surface area contributed by atoms with E-state index >= 15 is 0 Å². The summed E-state index contributed by atoms with van der Waals surface area (Å²) in [6.07, 6.45) is 3.96. The van der Waals surface area contributed by atoms with E-state index in [4.69, 9.17) is 25.0 Å². The van der Waals surface area contributed by atoms with E-state index in [1.807, 2.05) is 24.9 Å². The van der Waals surface area contributed by atoms with Crippen LogP contribution in [0.1, 0.15) is 79.5 Å². The molecule has 48 heavy (non-hydrogen) atoms. The van der Waals surface area contributed by atoms with E-state index in [9.17, 15) is 18.4 Å². The van der Waals surface area contributed by atoms with Crippen molar-refractivity contribution < 1.29 is 22.4 Å². The van der Waals surface area contributed by atoms with Crippen molar-refractivity contribution in [1.29, 1.82) is 5.26 Å². The summed E-state index contributed by atoms with van der Waals surface area (Å²) in [6.45, 7) is 2.71. The smallest absolute Gasteiger partial charge is 0.251 e. The molecule has 5 atom stereocenters. The van der Waals surface area contributed by atoms with Gasteiger partial charge >= 0.3 is 0 Å². The van der Waals surface area contributed by atoms with E-state index in [0.717, 1.165) is 42.4 Å². The number of hydrogen-bond acceptors (Lipinski definition) is 10. The fraction of sp³-hybridized carbons (Fsp3) is 0.559. The van der Waals surface area contributed by atoms with Gasteiger partial charge in [-0.05, 0) is 69.7 Å². The number of benzene rings is 1. The van der Waals surface area contributed by atoms with Gasteiger partial charge in [0.15, 0.2) is 22.9 Å². The van der Waals surface area contributed by atoms with Crippen LogP contribution in [0.3, 0.4) is 0 Å². The highest BCUT2D eigenvalue weighted by atomic mass is 19.3. The molecule has 1 aromatic carbocycles. The lowest BCUT2D eigenvalue weighted by Gasteiger charge is -2.59. The van der Waals surface area contributed by atoms with Crippen LogP contribution in [0.5, 0.6) is 5.88 Å². The number of aromatic nitrogens is 5. The monoisotopic (exact) mass is 659 g/mol. The molecule has 11 nitrogen and oxygen atoms in total. The van der Waals surface area contributed by atoms with E-state index in [2.05, 4.69) is 21.6 Å². The molecule has 0 unspecified atom stereocenters. The third kappa shape index (κ3) is 4.13. The zero-order chi connectivity index (χ0) is 33.2. The number of ether oxygens (including phenoxy) is 1. The second-order valence-corrected chi connectivity index (χ2v) is 14.6. The van der Waals surface area contributed by atoms with Crippen LogP contribution >= 0.6 is 0 Å². The van der Waals surface area contributed by atoms with E-state index in [0.29, 0.717) is 59.7 Å². The number of nitrogen functional groups attached to an aromatic ring is 1. The highest BCUT2D eigenvalue weighted by molar-refractivity contribution is 5.82. The minimum absolute atomic E-state index is 0.163. The first-order chi connectivity index (χ1) is 23.0. The molecule has 14 heteroatoms. The Bertz CT molecular complexity index is 2010. The Morgan fingerprint density at radius 1 is 1.21 bits per heavy atom. The lowest BCUT2D eigenvalue weighted by Crippen LogP contribution is -2.74. The molecular formula is C34H36F3N9O2. The molecular weight excluding hydrogens is 623 g/mol. The normalized spacial score (nSPS) is 29.0. The first kappa shape index (κ1) is 29.9. The second kappa shape index (κ2) is 10.1. The highest BCUT2D eigenvalue weighted by Crippen LogP contribution is 2.56. The first-order valence-electron chi connectivity index (χ1n) is 16.7. The molecule has 3 N–H and O–H groups in total. The number of hydrogen-bond donors (Lipinski definition) is 2. The van der Waals surface area contributed by atoms with Crippen LogP contribution in [0.4, 0.5) is 18.9 Å². The van der Waals surface area contributed by atoms with Gasteiger partial charge in [0, 0.05) is 43.2 Å². The number of likely N-dealkylation sites (tertiary alicyclic amines) is 1. The summed E-state index contributed by atoms with van der Waals surface area (Å²) < 4.78 is 57.0. The average Bonchev–Trinajstić information content (AvgIpc) is 3.81. The Morgan fingerprint density at radius 3 is 2.75 bits per heavy atom. The van der Waals surface area contributed by atoms with Crippen molar-refractivity contribution >= 4 is 16.7 Å². The Balaban J connectivity index is 1.17. The first-order valence-corrected chi connectivity index (χ1v) is 16.7. The lowest BCUT2D eigenvalue weighted by atomic mass is 9.64. The van der Waals surface area contributed by atoms with Crippen LogP contribution in [0.15, 0.2) is 22.9 Å². The molecule has 5 heterocycles. The number of likely N-dealkylation sites (N-methyl/N-ethyl adjacent to an activating group) is 1. The molecule has 4 aromatic rings. The zero-order valence-electron chi connectivity index (χ0n) is 26.8. The highest BCUT2D eigenvalue weighted by Gasteiger charge is 2.65. The van der Waals surface area contributed by atoms with Crippen LogP contribution in [-0.4, -0.2) is 79.7 Å². The number of anilines is 1. The summed E-state index contributed by atoms with van der Waals surface area (Å²) in [4.78, 5) is 11.8. The largest absolute Gasteiger partial charge is 0.472 e. The summed E-state index contributed by atoms with van der Waals surface area (Å²) in [5, 5.41) is 23.1. The summed E-state index contributed by atoms with van der Waals surface area (Å²) in [7, 11) is 1.88. The quantitative estimate of drug-likeness (QED) is 0.291. The van der Waals surface area contributed by atoms with E-state index in [1.54, 1.807) is 16.9 Å². The third-order valence-electron chi connectivity index (χ3n) is 11.7. The molecule has 250 valence electrons.